The van der Waals surface area contributed by atoms with E-state index in [0.29, 0.717) is 0 Å². The maximum Gasteiger partial charge on any atom is -0.00658 e. The highest BCUT2D eigenvalue weighted by Gasteiger charge is 2.20. The van der Waals surface area contributed by atoms with E-state index in [1.54, 1.807) is 0 Å². The first-order valence-electron chi connectivity index (χ1n) is 3.14. The summed E-state index contributed by atoms with van der Waals surface area (Å²) in [4.78, 5) is 1.27. The van der Waals surface area contributed by atoms with Gasteiger partial charge in [0.05, 0.1) is 0 Å². The summed E-state index contributed by atoms with van der Waals surface area (Å²) in [5.74, 6) is 0.903. The van der Waals surface area contributed by atoms with Gasteiger partial charge in [0.15, 0.2) is 0 Å². The lowest BCUT2D eigenvalue weighted by Gasteiger charge is -2.25. The van der Waals surface area contributed by atoms with Crippen molar-refractivity contribution in [3.05, 3.63) is 6.92 Å². The van der Waals surface area contributed by atoms with Crippen molar-refractivity contribution in [1.29, 1.82) is 0 Å². The van der Waals surface area contributed by atoms with Gasteiger partial charge in [-0.25, -0.2) is 0 Å². The molecule has 0 aliphatic heterocycles. The smallest absolute Gasteiger partial charge is 0.00658 e. The van der Waals surface area contributed by atoms with Crippen molar-refractivity contribution in [3.63, 3.8) is 0 Å². The number of hydrogen-bond donors (Lipinski definition) is 0. The van der Waals surface area contributed by atoms with Gasteiger partial charge >= 0.3 is 0 Å². The van der Waals surface area contributed by atoms with Crippen LogP contribution in [0.25, 0.3) is 0 Å². The van der Waals surface area contributed by atoms with E-state index in [9.17, 15) is 0 Å². The molecule has 0 bridgehead atoms. The molecule has 1 aliphatic carbocycles. The molecule has 0 aromatic rings. The maximum absolute atomic E-state index is 4.95. The van der Waals surface area contributed by atoms with Crippen molar-refractivity contribution in [2.45, 2.75) is 25.7 Å². The van der Waals surface area contributed by atoms with Crippen LogP contribution in [0, 0.1) is 12.8 Å². The molecule has 1 fully saturated rings. The zero-order chi connectivity index (χ0) is 5.98. The molecule has 0 aromatic carbocycles. The molecule has 0 unspecified atom stereocenters. The molecule has 0 nitrogen and oxygen atoms in total. The molecule has 0 amide bonds. The molecular formula is C7H11S. The van der Waals surface area contributed by atoms with Gasteiger partial charge in [0.2, 0.25) is 0 Å². The fourth-order valence-corrected chi connectivity index (χ4v) is 1.55. The standard InChI is InChI=1S/C7H11S/c1-2-3-6-4-7(8)5-6/h6H,1-5H2. The van der Waals surface area contributed by atoms with Gasteiger partial charge in [-0.1, -0.05) is 25.6 Å². The van der Waals surface area contributed by atoms with E-state index in [4.69, 9.17) is 12.2 Å². The summed E-state index contributed by atoms with van der Waals surface area (Å²) in [6, 6.07) is 0. The zero-order valence-corrected chi connectivity index (χ0v) is 5.84. The van der Waals surface area contributed by atoms with E-state index in [2.05, 4.69) is 6.92 Å². The first kappa shape index (κ1) is 6.21. The summed E-state index contributed by atoms with van der Waals surface area (Å²) in [5, 5.41) is 0. The van der Waals surface area contributed by atoms with Gasteiger partial charge in [0, 0.05) is 0 Å². The molecule has 1 saturated carbocycles. The third kappa shape index (κ3) is 1.28. The average molecular weight is 127 g/mol. The molecule has 1 aliphatic rings. The molecule has 0 N–H and O–H groups in total. The van der Waals surface area contributed by atoms with Gasteiger partial charge in [-0.05, 0) is 30.0 Å². The van der Waals surface area contributed by atoms with Gasteiger partial charge in [-0.2, -0.15) is 0 Å². The zero-order valence-electron chi connectivity index (χ0n) is 5.02. The highest BCUT2D eigenvalue weighted by molar-refractivity contribution is 7.80. The molecule has 8 heavy (non-hydrogen) atoms. The SMILES string of the molecule is [CH2]CCC1CC(=S)C1. The second-order valence-electron chi connectivity index (χ2n) is 2.46. The predicted octanol–water partition coefficient (Wildman–Crippen LogP) is 2.38. The van der Waals surface area contributed by atoms with Crippen LogP contribution in [0.4, 0.5) is 0 Å². The molecule has 1 heteroatoms. The van der Waals surface area contributed by atoms with Crippen LogP contribution in [0.1, 0.15) is 25.7 Å². The highest BCUT2D eigenvalue weighted by atomic mass is 32.1. The Bertz CT molecular complexity index is 88.6. The van der Waals surface area contributed by atoms with E-state index < -0.39 is 0 Å². The van der Waals surface area contributed by atoms with Crippen LogP contribution in [0.3, 0.4) is 0 Å². The van der Waals surface area contributed by atoms with E-state index in [1.165, 1.54) is 24.1 Å². The van der Waals surface area contributed by atoms with Crippen molar-refractivity contribution in [1.82, 2.24) is 0 Å². The highest BCUT2D eigenvalue weighted by Crippen LogP contribution is 2.28. The lowest BCUT2D eigenvalue weighted by atomic mass is 9.82. The fourth-order valence-electron chi connectivity index (χ4n) is 1.08. The van der Waals surface area contributed by atoms with E-state index in [1.807, 2.05) is 0 Å². The minimum Gasteiger partial charge on any atom is -0.0897 e. The number of rotatable bonds is 2. The minimum absolute atomic E-state index is 0.903. The van der Waals surface area contributed by atoms with Crippen molar-refractivity contribution >= 4 is 17.1 Å². The Morgan fingerprint density at radius 1 is 1.62 bits per heavy atom. The third-order valence-electron chi connectivity index (χ3n) is 1.65. The maximum atomic E-state index is 4.95. The summed E-state index contributed by atoms with van der Waals surface area (Å²) < 4.78 is 0. The van der Waals surface area contributed by atoms with Crippen molar-refractivity contribution in [2.24, 2.45) is 5.92 Å². The molecule has 0 spiro atoms. The van der Waals surface area contributed by atoms with Crippen molar-refractivity contribution in [3.8, 4) is 0 Å². The fraction of sp³-hybridized carbons (Fsp3) is 0.714. The molecule has 0 heterocycles. The van der Waals surface area contributed by atoms with Crippen LogP contribution >= 0.6 is 12.2 Å². The monoisotopic (exact) mass is 127 g/mol. The Kier molecular flexibility index (Phi) is 2.01. The third-order valence-corrected chi connectivity index (χ3v) is 1.98. The molecular weight excluding hydrogens is 116 g/mol. The summed E-state index contributed by atoms with van der Waals surface area (Å²) in [7, 11) is 0. The summed E-state index contributed by atoms with van der Waals surface area (Å²) >= 11 is 4.95. The molecule has 0 aromatic heterocycles. The van der Waals surface area contributed by atoms with Crippen LogP contribution in [0.15, 0.2) is 0 Å². The van der Waals surface area contributed by atoms with E-state index in [-0.39, 0.29) is 0 Å². The van der Waals surface area contributed by atoms with Gasteiger partial charge < -0.3 is 0 Å². The number of thiocarbonyl (C=S) groups is 1. The summed E-state index contributed by atoms with van der Waals surface area (Å²) in [6.45, 7) is 3.79. The predicted molar refractivity (Wildman–Crippen MR) is 39.9 cm³/mol. The van der Waals surface area contributed by atoms with Gasteiger partial charge in [-0.3, -0.25) is 0 Å². The minimum atomic E-state index is 0.903. The Hall–Kier alpha value is 0.0900. The topological polar surface area (TPSA) is 0 Å². The Morgan fingerprint density at radius 2 is 2.25 bits per heavy atom. The Morgan fingerprint density at radius 3 is 2.62 bits per heavy atom. The molecule has 45 valence electrons. The first-order valence-corrected chi connectivity index (χ1v) is 3.54. The largest absolute Gasteiger partial charge is 0.0897 e. The van der Waals surface area contributed by atoms with Crippen LogP contribution < -0.4 is 0 Å². The van der Waals surface area contributed by atoms with Gasteiger partial charge in [0.1, 0.15) is 0 Å². The van der Waals surface area contributed by atoms with Crippen LogP contribution in [0.5, 0.6) is 0 Å². The van der Waals surface area contributed by atoms with Crippen LogP contribution in [-0.4, -0.2) is 4.86 Å². The van der Waals surface area contributed by atoms with E-state index >= 15 is 0 Å². The quantitative estimate of drug-likeness (QED) is 0.513. The van der Waals surface area contributed by atoms with Crippen LogP contribution in [0.2, 0.25) is 0 Å². The Balaban J connectivity index is 2.06. The average Bonchev–Trinajstić information content (AvgIpc) is 1.64. The van der Waals surface area contributed by atoms with E-state index in [0.717, 1.165) is 12.3 Å². The normalized spacial score (nSPS) is 20.9. The molecule has 0 saturated heterocycles. The second kappa shape index (κ2) is 2.58. The Labute approximate surface area is 56.3 Å². The molecule has 1 rings (SSSR count). The van der Waals surface area contributed by atoms with Gasteiger partial charge in [-0.15, -0.1) is 0 Å². The lowest BCUT2D eigenvalue weighted by Crippen LogP contribution is -2.20. The second-order valence-corrected chi connectivity index (χ2v) is 3.03. The summed E-state index contributed by atoms with van der Waals surface area (Å²) in [6.07, 6.45) is 4.75. The van der Waals surface area contributed by atoms with Gasteiger partial charge in [0.25, 0.3) is 0 Å². The van der Waals surface area contributed by atoms with Crippen LogP contribution in [-0.2, 0) is 0 Å². The first-order chi connectivity index (χ1) is 3.83. The molecule has 1 radical (unpaired) electrons. The van der Waals surface area contributed by atoms with Crippen molar-refractivity contribution in [2.75, 3.05) is 0 Å². The number of hydrogen-bond acceptors (Lipinski definition) is 1. The van der Waals surface area contributed by atoms with Crippen molar-refractivity contribution < 1.29 is 0 Å². The molecule has 0 atom stereocenters. The summed E-state index contributed by atoms with van der Waals surface area (Å²) in [5.41, 5.74) is 0. The lowest BCUT2D eigenvalue weighted by molar-refractivity contribution is 0.473.